The Hall–Kier alpha value is -3.32. The van der Waals surface area contributed by atoms with Crippen LogP contribution >= 0.6 is 0 Å². The number of aliphatic hydroxyl groups is 1. The average Bonchev–Trinajstić information content (AvgIpc) is 3.70. The molecule has 0 saturated heterocycles. The third-order valence-electron chi connectivity index (χ3n) is 7.51. The van der Waals surface area contributed by atoms with Crippen LogP contribution < -0.4 is 5.32 Å². The first-order valence-electron chi connectivity index (χ1n) is 12.4. The monoisotopic (exact) mass is 472 g/mol. The Morgan fingerprint density at radius 1 is 1.00 bits per heavy atom. The number of aryl methyl sites for hydroxylation is 1. The number of pyridine rings is 3. The van der Waals surface area contributed by atoms with E-state index in [1.165, 1.54) is 18.4 Å². The number of carboxylic acid groups (broad SMARTS) is 1. The minimum absolute atomic E-state index is 0.0109. The van der Waals surface area contributed by atoms with Crippen molar-refractivity contribution in [1.29, 1.82) is 0 Å². The van der Waals surface area contributed by atoms with Crippen LogP contribution in [0.3, 0.4) is 0 Å². The van der Waals surface area contributed by atoms with Crippen LogP contribution in [0.2, 0.25) is 0 Å². The van der Waals surface area contributed by atoms with Gasteiger partial charge >= 0.3 is 5.97 Å². The SMILES string of the molecule is Cc1cc(Nc2cc(C3CC3)ccn2)nc(-c2ccc(C(C)(O)C3CCC(C(=O)O)CC3)nc2)c1. The van der Waals surface area contributed by atoms with Crippen molar-refractivity contribution in [1.82, 2.24) is 15.0 Å². The van der Waals surface area contributed by atoms with Gasteiger partial charge in [0.1, 0.15) is 17.2 Å². The van der Waals surface area contributed by atoms with Crippen molar-refractivity contribution in [3.63, 3.8) is 0 Å². The van der Waals surface area contributed by atoms with Crippen molar-refractivity contribution in [3.05, 3.63) is 65.6 Å². The summed E-state index contributed by atoms with van der Waals surface area (Å²) in [7, 11) is 0. The van der Waals surface area contributed by atoms with Crippen molar-refractivity contribution in [2.24, 2.45) is 11.8 Å². The zero-order valence-electron chi connectivity index (χ0n) is 20.2. The quantitative estimate of drug-likeness (QED) is 0.413. The molecular formula is C28H32N4O3. The van der Waals surface area contributed by atoms with E-state index in [0.29, 0.717) is 37.3 Å². The predicted octanol–water partition coefficient (Wildman–Crippen LogP) is 5.57. The van der Waals surface area contributed by atoms with Gasteiger partial charge in [-0.15, -0.1) is 0 Å². The maximum Gasteiger partial charge on any atom is 0.306 e. The maximum atomic E-state index is 11.3. The van der Waals surface area contributed by atoms with E-state index < -0.39 is 11.6 Å². The second kappa shape index (κ2) is 9.38. The van der Waals surface area contributed by atoms with Crippen molar-refractivity contribution in [2.75, 3.05) is 5.32 Å². The van der Waals surface area contributed by atoms with Crippen LogP contribution in [0.15, 0.2) is 48.8 Å². The zero-order chi connectivity index (χ0) is 24.6. The second-order valence-corrected chi connectivity index (χ2v) is 10.3. The Balaban J connectivity index is 1.32. The molecule has 5 rings (SSSR count). The molecule has 0 aromatic carbocycles. The number of hydrogen-bond donors (Lipinski definition) is 3. The highest BCUT2D eigenvalue weighted by Gasteiger charge is 2.38. The highest BCUT2D eigenvalue weighted by Crippen LogP contribution is 2.41. The topological polar surface area (TPSA) is 108 Å². The molecule has 2 saturated carbocycles. The van der Waals surface area contributed by atoms with Gasteiger partial charge in [0.25, 0.3) is 0 Å². The Morgan fingerprint density at radius 2 is 1.77 bits per heavy atom. The van der Waals surface area contributed by atoms with E-state index in [4.69, 9.17) is 4.98 Å². The van der Waals surface area contributed by atoms with Crippen LogP contribution in [0.25, 0.3) is 11.3 Å². The molecule has 0 radical (unpaired) electrons. The number of carbonyl (C=O) groups is 1. The standard InChI is InChI=1S/C28H32N4O3/c1-17-13-23(31-26(14-17)32-25-15-20(11-12-29-25)18-3-4-18)21-7-10-24(30-16-21)28(2,35)22-8-5-19(6-9-22)27(33)34/h7,10-16,18-19,22,35H,3-6,8-9H2,1-2H3,(H,33,34)(H,29,31,32). The van der Waals surface area contributed by atoms with Gasteiger partial charge in [0.2, 0.25) is 0 Å². The van der Waals surface area contributed by atoms with Gasteiger partial charge in [-0.25, -0.2) is 9.97 Å². The second-order valence-electron chi connectivity index (χ2n) is 10.3. The highest BCUT2D eigenvalue weighted by molar-refractivity contribution is 5.70. The molecule has 0 aliphatic heterocycles. The van der Waals surface area contributed by atoms with Gasteiger partial charge in [0.05, 0.1) is 17.3 Å². The molecule has 0 amide bonds. The first-order chi connectivity index (χ1) is 16.8. The van der Waals surface area contributed by atoms with Gasteiger partial charge in [0.15, 0.2) is 0 Å². The lowest BCUT2D eigenvalue weighted by Crippen LogP contribution is -2.36. The average molecular weight is 473 g/mol. The molecule has 182 valence electrons. The van der Waals surface area contributed by atoms with E-state index in [-0.39, 0.29) is 11.8 Å². The van der Waals surface area contributed by atoms with Gasteiger partial charge < -0.3 is 15.5 Å². The van der Waals surface area contributed by atoms with E-state index in [9.17, 15) is 15.0 Å². The first-order valence-corrected chi connectivity index (χ1v) is 12.4. The van der Waals surface area contributed by atoms with Crippen LogP contribution in [0.5, 0.6) is 0 Å². The minimum atomic E-state index is -1.10. The summed E-state index contributed by atoms with van der Waals surface area (Å²) in [6, 6.07) is 12.0. The van der Waals surface area contributed by atoms with Gasteiger partial charge in [-0.2, -0.15) is 0 Å². The van der Waals surface area contributed by atoms with Crippen LogP contribution in [0, 0.1) is 18.8 Å². The lowest BCUT2D eigenvalue weighted by atomic mass is 9.73. The van der Waals surface area contributed by atoms with E-state index in [1.807, 2.05) is 37.4 Å². The Morgan fingerprint density at radius 3 is 2.43 bits per heavy atom. The summed E-state index contributed by atoms with van der Waals surface area (Å²) < 4.78 is 0. The summed E-state index contributed by atoms with van der Waals surface area (Å²) in [5.41, 5.74) is 3.55. The minimum Gasteiger partial charge on any atom is -0.481 e. The van der Waals surface area contributed by atoms with E-state index in [2.05, 4.69) is 27.4 Å². The molecular weight excluding hydrogens is 440 g/mol. The van der Waals surface area contributed by atoms with Crippen molar-refractivity contribution in [2.45, 2.75) is 63.9 Å². The zero-order valence-corrected chi connectivity index (χ0v) is 20.2. The third kappa shape index (κ3) is 5.20. The summed E-state index contributed by atoms with van der Waals surface area (Å²) in [6.07, 6.45) is 8.63. The summed E-state index contributed by atoms with van der Waals surface area (Å²) in [5, 5.41) is 23.9. The molecule has 7 nitrogen and oxygen atoms in total. The number of carboxylic acids is 1. The number of nitrogens with one attached hydrogen (secondary N) is 1. The number of anilines is 2. The summed E-state index contributed by atoms with van der Waals surface area (Å²) in [5.74, 6) is 1.12. The molecule has 2 fully saturated rings. The fourth-order valence-electron chi connectivity index (χ4n) is 5.15. The molecule has 7 heteroatoms. The molecule has 3 aromatic heterocycles. The number of rotatable bonds is 7. The maximum absolute atomic E-state index is 11.3. The lowest BCUT2D eigenvalue weighted by Gasteiger charge is -2.36. The van der Waals surface area contributed by atoms with E-state index in [1.54, 1.807) is 13.1 Å². The fraction of sp³-hybridized carbons (Fsp3) is 0.429. The smallest absolute Gasteiger partial charge is 0.306 e. The number of hydrogen-bond acceptors (Lipinski definition) is 6. The molecule has 0 bridgehead atoms. The number of nitrogens with zero attached hydrogens (tertiary/aromatic N) is 3. The first kappa shape index (κ1) is 23.4. The van der Waals surface area contributed by atoms with Crippen molar-refractivity contribution in [3.8, 4) is 11.3 Å². The molecule has 2 aliphatic carbocycles. The highest BCUT2D eigenvalue weighted by atomic mass is 16.4. The van der Waals surface area contributed by atoms with Gasteiger partial charge in [0, 0.05) is 18.0 Å². The predicted molar refractivity (Wildman–Crippen MR) is 134 cm³/mol. The van der Waals surface area contributed by atoms with Crippen LogP contribution in [0.1, 0.15) is 68.2 Å². The van der Waals surface area contributed by atoms with E-state index in [0.717, 1.165) is 28.5 Å². The molecule has 1 atom stereocenters. The summed E-state index contributed by atoms with van der Waals surface area (Å²) in [4.78, 5) is 25.1. The number of aliphatic carboxylic acids is 1. The molecule has 2 aliphatic rings. The molecule has 0 spiro atoms. The van der Waals surface area contributed by atoms with Crippen LogP contribution in [-0.4, -0.2) is 31.1 Å². The van der Waals surface area contributed by atoms with Crippen molar-refractivity contribution >= 4 is 17.6 Å². The fourth-order valence-corrected chi connectivity index (χ4v) is 5.15. The van der Waals surface area contributed by atoms with E-state index >= 15 is 0 Å². The molecule has 3 heterocycles. The third-order valence-corrected chi connectivity index (χ3v) is 7.51. The van der Waals surface area contributed by atoms with Gasteiger partial charge in [-0.05, 0) is 112 Å². The molecule has 3 aromatic rings. The number of aromatic nitrogens is 3. The largest absolute Gasteiger partial charge is 0.481 e. The Bertz CT molecular complexity index is 1210. The van der Waals surface area contributed by atoms with Crippen molar-refractivity contribution < 1.29 is 15.0 Å². The Kier molecular flexibility index (Phi) is 6.28. The van der Waals surface area contributed by atoms with Gasteiger partial charge in [-0.3, -0.25) is 9.78 Å². The normalized spacial score (nSPS) is 21.8. The van der Waals surface area contributed by atoms with Crippen LogP contribution in [0.4, 0.5) is 11.6 Å². The molecule has 35 heavy (non-hydrogen) atoms. The van der Waals surface area contributed by atoms with Crippen LogP contribution in [-0.2, 0) is 10.4 Å². The molecule has 3 N–H and O–H groups in total. The van der Waals surface area contributed by atoms with Gasteiger partial charge in [-0.1, -0.05) is 0 Å². The summed E-state index contributed by atoms with van der Waals surface area (Å²) >= 11 is 0. The lowest BCUT2D eigenvalue weighted by molar-refractivity contribution is -0.144. The Labute approximate surface area is 205 Å². The molecule has 1 unspecified atom stereocenters. The summed E-state index contributed by atoms with van der Waals surface area (Å²) in [6.45, 7) is 3.82.